The molecule has 2 atom stereocenters. The summed E-state index contributed by atoms with van der Waals surface area (Å²) in [6.07, 6.45) is 1.61. The molecule has 1 fully saturated rings. The Hall–Kier alpha value is -0.863. The molecule has 0 spiro atoms. The smallest absolute Gasteiger partial charge is 0.145 e. The fourth-order valence-corrected chi connectivity index (χ4v) is 10.9. The average Bonchev–Trinajstić information content (AvgIpc) is 3.56. The van der Waals surface area contributed by atoms with E-state index in [4.69, 9.17) is 5.73 Å². The molecule has 1 aromatic rings. The molecule has 0 aromatic carbocycles. The molecule has 1 aliphatic rings. The molecule has 1 saturated carbocycles. The summed E-state index contributed by atoms with van der Waals surface area (Å²) in [7, 11) is -5.30. The molecule has 0 saturated heterocycles. The first-order valence-electron chi connectivity index (χ1n) is 11.6. The van der Waals surface area contributed by atoms with Gasteiger partial charge < -0.3 is 10.8 Å². The zero-order valence-corrected chi connectivity index (χ0v) is 24.1. The molecule has 33 heavy (non-hydrogen) atoms. The molecule has 0 radical (unpaired) electrons. The van der Waals surface area contributed by atoms with Gasteiger partial charge in [0, 0.05) is 5.41 Å². The summed E-state index contributed by atoms with van der Waals surface area (Å²) in [5, 5.41) is 20.1. The first-order chi connectivity index (χ1) is 15.2. The average molecular weight is 562 g/mol. The molecule has 1 aromatic heterocycles. The first-order valence-corrected chi connectivity index (χ1v) is 16.7. The number of pyridine rings is 1. The van der Waals surface area contributed by atoms with Crippen molar-refractivity contribution in [2.75, 3.05) is 18.9 Å². The number of aliphatic hydroxyl groups excluding tert-OH is 1. The molecule has 2 rings (SSSR count). The number of aromatic nitrogens is 1. The van der Waals surface area contributed by atoms with Crippen LogP contribution in [0.5, 0.6) is 0 Å². The number of halogens is 2. The second-order valence-electron chi connectivity index (χ2n) is 10.3. The molecule has 0 amide bonds. The zero-order chi connectivity index (χ0) is 25.3. The van der Waals surface area contributed by atoms with Gasteiger partial charge in [0.05, 0.1) is 54.0 Å². The minimum Gasteiger partial charge on any atom is -0.396 e. The van der Waals surface area contributed by atoms with Crippen LogP contribution in [0.1, 0.15) is 60.1 Å². The summed E-state index contributed by atoms with van der Waals surface area (Å²) in [6.45, 7) is 11.2. The molecular weight excluding hydrogens is 523 g/mol. The van der Waals surface area contributed by atoms with Crippen molar-refractivity contribution < 1.29 is 13.7 Å². The van der Waals surface area contributed by atoms with Gasteiger partial charge in [-0.25, -0.2) is 17.9 Å². The van der Waals surface area contributed by atoms with Crippen molar-refractivity contribution in [3.8, 4) is 6.07 Å². The van der Waals surface area contributed by atoms with Crippen molar-refractivity contribution in [1.29, 1.82) is 5.26 Å². The minimum absolute atomic E-state index is 0.0398. The Morgan fingerprint density at radius 2 is 1.88 bits per heavy atom. The summed E-state index contributed by atoms with van der Waals surface area (Å²) in [6, 6.07) is 6.57. The number of aliphatic hydroxyl groups is 1. The highest BCUT2D eigenvalue weighted by atomic mass is 79.9. The van der Waals surface area contributed by atoms with Gasteiger partial charge in [-0.1, -0.05) is 38.9 Å². The third-order valence-corrected chi connectivity index (χ3v) is 16.7. The van der Waals surface area contributed by atoms with Crippen LogP contribution in [-0.2, 0) is 15.3 Å². The summed E-state index contributed by atoms with van der Waals surface area (Å²) >= 11 is 3.44. The van der Waals surface area contributed by atoms with Gasteiger partial charge in [-0.3, -0.25) is 0 Å². The second kappa shape index (κ2) is 10.0. The van der Waals surface area contributed by atoms with E-state index < -0.39 is 33.9 Å². The normalized spacial score (nSPS) is 19.3. The van der Waals surface area contributed by atoms with Crippen LogP contribution in [0.25, 0.3) is 0 Å². The third kappa shape index (κ3) is 5.53. The van der Waals surface area contributed by atoms with E-state index in [1.165, 1.54) is 0 Å². The van der Waals surface area contributed by atoms with Crippen molar-refractivity contribution in [3.05, 3.63) is 22.2 Å². The number of hydrogen-bond acceptors (Lipinski definition) is 6. The van der Waals surface area contributed by atoms with E-state index in [1.54, 1.807) is 26.8 Å². The van der Waals surface area contributed by atoms with Crippen LogP contribution in [-0.4, -0.2) is 46.0 Å². The molecular formula is C23H38BrFN4O2SSi. The largest absolute Gasteiger partial charge is 0.396 e. The van der Waals surface area contributed by atoms with E-state index in [9.17, 15) is 14.6 Å². The van der Waals surface area contributed by atoms with E-state index in [2.05, 4.69) is 52.1 Å². The summed E-state index contributed by atoms with van der Waals surface area (Å²) in [5.74, 6) is -0.633. The van der Waals surface area contributed by atoms with E-state index in [1.807, 2.05) is 0 Å². The number of hydrogen-bond donors (Lipinski definition) is 2. The lowest BCUT2D eigenvalue weighted by molar-refractivity contribution is 0.217. The van der Waals surface area contributed by atoms with Crippen LogP contribution in [0.3, 0.4) is 0 Å². The molecule has 1 heterocycles. The van der Waals surface area contributed by atoms with Crippen molar-refractivity contribution in [3.63, 3.8) is 0 Å². The lowest BCUT2D eigenvalue weighted by Crippen LogP contribution is -2.51. The summed E-state index contributed by atoms with van der Waals surface area (Å²) in [5.41, 5.74) is 4.94. The Labute approximate surface area is 207 Å². The standard InChI is InChI=1S/C23H38BrFN4O2SSi/c1-7-33(8-2,9-3)17-12-18(24)29-20(19(17)25)22(6,27)16-32(31,21(4,5)13-26)28-14-23(15-30)10-11-23/h12,30H,7-11,14-16,27H2,1-6H3/t22-,32-/m0/s1. The van der Waals surface area contributed by atoms with E-state index in [0.717, 1.165) is 31.0 Å². The Bertz CT molecular complexity index is 1030. The number of nitrogens with zero attached hydrogens (tertiary/aromatic N) is 3. The highest BCUT2D eigenvalue weighted by molar-refractivity contribution is 9.10. The predicted octanol–water partition coefficient (Wildman–Crippen LogP) is 4.42. The number of nitrogens with two attached hydrogens (primary N) is 1. The highest BCUT2D eigenvalue weighted by Gasteiger charge is 2.45. The van der Waals surface area contributed by atoms with Crippen LogP contribution < -0.4 is 10.9 Å². The van der Waals surface area contributed by atoms with Crippen LogP contribution in [0.4, 0.5) is 4.39 Å². The van der Waals surface area contributed by atoms with E-state index >= 15 is 4.39 Å². The van der Waals surface area contributed by atoms with Gasteiger partial charge in [0.2, 0.25) is 0 Å². The molecule has 6 nitrogen and oxygen atoms in total. The van der Waals surface area contributed by atoms with Gasteiger partial charge in [-0.15, -0.1) is 0 Å². The molecule has 0 unspecified atom stereocenters. The SMILES string of the molecule is CC[Si](CC)(CC)c1cc(Br)nc([C@@](C)(N)C[S@@](=O)(=NCC2(CO)CC2)C(C)(C)C#N)c1F. The first kappa shape index (κ1) is 28.4. The molecule has 1 aliphatic carbocycles. The minimum atomic E-state index is -3.20. The maximum atomic E-state index is 16.0. The topological polar surface area (TPSA) is 112 Å². The summed E-state index contributed by atoms with van der Waals surface area (Å²) < 4.78 is 33.9. The van der Waals surface area contributed by atoms with Crippen LogP contribution >= 0.6 is 15.9 Å². The molecule has 10 heteroatoms. The van der Waals surface area contributed by atoms with E-state index in [-0.39, 0.29) is 30.0 Å². The van der Waals surface area contributed by atoms with Gasteiger partial charge in [0.15, 0.2) is 0 Å². The van der Waals surface area contributed by atoms with E-state index in [0.29, 0.717) is 9.79 Å². The highest BCUT2D eigenvalue weighted by Crippen LogP contribution is 2.46. The number of nitriles is 1. The zero-order valence-electron chi connectivity index (χ0n) is 20.7. The second-order valence-corrected chi connectivity index (χ2v) is 19.1. The predicted molar refractivity (Wildman–Crippen MR) is 139 cm³/mol. The Morgan fingerprint density at radius 3 is 2.30 bits per heavy atom. The monoisotopic (exact) mass is 560 g/mol. The molecule has 3 N–H and O–H groups in total. The van der Waals surface area contributed by atoms with Crippen molar-refractivity contribution in [1.82, 2.24) is 4.98 Å². The molecule has 0 aliphatic heterocycles. The lowest BCUT2D eigenvalue weighted by Gasteiger charge is -2.34. The Balaban J connectivity index is 2.63. The maximum absolute atomic E-state index is 16.0. The molecule has 186 valence electrons. The van der Waals surface area contributed by atoms with Gasteiger partial charge >= 0.3 is 0 Å². The Morgan fingerprint density at radius 1 is 1.33 bits per heavy atom. The third-order valence-electron chi connectivity index (χ3n) is 7.53. The van der Waals surface area contributed by atoms with Gasteiger partial charge in [-0.05, 0) is 60.8 Å². The van der Waals surface area contributed by atoms with Crippen molar-refractivity contribution in [2.45, 2.75) is 82.8 Å². The van der Waals surface area contributed by atoms with Crippen molar-refractivity contribution >= 4 is 38.9 Å². The Kier molecular flexibility index (Phi) is 8.61. The fourth-order valence-electron chi connectivity index (χ4n) is 4.30. The van der Waals surface area contributed by atoms with Gasteiger partial charge in [-0.2, -0.15) is 5.26 Å². The molecule has 0 bridgehead atoms. The fraction of sp³-hybridized carbons (Fsp3) is 0.739. The maximum Gasteiger partial charge on any atom is 0.145 e. The van der Waals surface area contributed by atoms with Crippen LogP contribution in [0.2, 0.25) is 18.1 Å². The lowest BCUT2D eigenvalue weighted by atomic mass is 10.0. The van der Waals surface area contributed by atoms with Crippen LogP contribution in [0, 0.1) is 22.6 Å². The van der Waals surface area contributed by atoms with Gasteiger partial charge in [0.1, 0.15) is 15.2 Å². The number of rotatable bonds is 11. The summed E-state index contributed by atoms with van der Waals surface area (Å²) in [4.78, 5) is 4.40. The van der Waals surface area contributed by atoms with Gasteiger partial charge in [0.25, 0.3) is 0 Å². The van der Waals surface area contributed by atoms with Crippen molar-refractivity contribution in [2.24, 2.45) is 15.5 Å². The quantitative estimate of drug-likeness (QED) is 0.307. The van der Waals surface area contributed by atoms with Crippen LogP contribution in [0.15, 0.2) is 15.0 Å².